The van der Waals surface area contributed by atoms with Crippen LogP contribution in [0.1, 0.15) is 34.1 Å². The van der Waals surface area contributed by atoms with E-state index in [4.69, 9.17) is 0 Å². The fourth-order valence-electron chi connectivity index (χ4n) is 5.09. The molecule has 3 aromatic carbocycles. The predicted molar refractivity (Wildman–Crippen MR) is 126 cm³/mol. The molecule has 5 rings (SSSR count). The van der Waals surface area contributed by atoms with Gasteiger partial charge in [-0.25, -0.2) is 0 Å². The van der Waals surface area contributed by atoms with Gasteiger partial charge in [-0.05, 0) is 34.4 Å². The largest absolute Gasteiger partial charge is 0.481 e. The van der Waals surface area contributed by atoms with Crippen LogP contribution in [-0.4, -0.2) is 53.0 Å². The first-order valence-electron chi connectivity index (χ1n) is 11.1. The number of carbonyl (C=O) groups excluding carboxylic acids is 1. The molecule has 34 heavy (non-hydrogen) atoms. The van der Waals surface area contributed by atoms with Crippen molar-refractivity contribution < 1.29 is 19.6 Å². The molecule has 1 saturated heterocycles. The van der Waals surface area contributed by atoms with Gasteiger partial charge < -0.3 is 14.9 Å². The molecule has 0 aromatic heterocycles. The van der Waals surface area contributed by atoms with Crippen molar-refractivity contribution in [2.24, 2.45) is 0 Å². The second-order valence-electron chi connectivity index (χ2n) is 8.55. The molecule has 0 spiro atoms. The third-order valence-electron chi connectivity index (χ3n) is 6.75. The van der Waals surface area contributed by atoms with Gasteiger partial charge in [-0.3, -0.25) is 19.7 Å². The summed E-state index contributed by atoms with van der Waals surface area (Å²) < 4.78 is 0. The van der Waals surface area contributed by atoms with Gasteiger partial charge in [0, 0.05) is 44.0 Å². The molecule has 3 aromatic rings. The molecular formula is C26H23N3O5. The van der Waals surface area contributed by atoms with Crippen LogP contribution in [0.25, 0.3) is 0 Å². The number of fused-ring (bicyclic) bond motifs is 2. The standard InChI is InChI=1S/C26H23N3O5/c30-25(28-15-13-27(14-16-28)17-9-11-18(12-10-17)29(33)34)23-19-5-1-3-7-21(19)24(26(31)32)22-8-4-2-6-20(22)23/h1-12,23-24H,13-16H2,(H,31,32). The van der Waals surface area contributed by atoms with E-state index in [2.05, 4.69) is 4.90 Å². The molecule has 1 aliphatic heterocycles. The zero-order valence-corrected chi connectivity index (χ0v) is 18.3. The molecule has 0 saturated carbocycles. The number of nitro groups is 1. The van der Waals surface area contributed by atoms with Crippen molar-refractivity contribution in [2.75, 3.05) is 31.1 Å². The van der Waals surface area contributed by atoms with Crippen LogP contribution >= 0.6 is 0 Å². The molecule has 1 heterocycles. The Balaban J connectivity index is 1.40. The first-order chi connectivity index (χ1) is 16.5. The fourth-order valence-corrected chi connectivity index (χ4v) is 5.09. The maximum atomic E-state index is 13.8. The van der Waals surface area contributed by atoms with Crippen LogP contribution < -0.4 is 4.90 Å². The summed E-state index contributed by atoms with van der Waals surface area (Å²) in [7, 11) is 0. The van der Waals surface area contributed by atoms with E-state index in [0.717, 1.165) is 16.8 Å². The van der Waals surface area contributed by atoms with E-state index in [1.165, 1.54) is 12.1 Å². The number of nitrogens with zero attached hydrogens (tertiary/aromatic N) is 3. The van der Waals surface area contributed by atoms with Crippen molar-refractivity contribution >= 4 is 23.3 Å². The monoisotopic (exact) mass is 457 g/mol. The summed E-state index contributed by atoms with van der Waals surface area (Å²) in [4.78, 5) is 40.4. The zero-order valence-electron chi connectivity index (χ0n) is 18.3. The summed E-state index contributed by atoms with van der Waals surface area (Å²) in [6, 6.07) is 21.1. The van der Waals surface area contributed by atoms with Crippen molar-refractivity contribution in [3.05, 3.63) is 105 Å². The maximum absolute atomic E-state index is 13.8. The van der Waals surface area contributed by atoms with Gasteiger partial charge in [-0.15, -0.1) is 0 Å². The van der Waals surface area contributed by atoms with Gasteiger partial charge in [0.2, 0.25) is 5.91 Å². The topological polar surface area (TPSA) is 104 Å². The Bertz CT molecular complexity index is 1220. The highest BCUT2D eigenvalue weighted by molar-refractivity contribution is 5.93. The van der Waals surface area contributed by atoms with Crippen LogP contribution in [-0.2, 0) is 9.59 Å². The molecule has 1 amide bonds. The van der Waals surface area contributed by atoms with Crippen LogP contribution in [0.2, 0.25) is 0 Å². The number of carboxylic acid groups (broad SMARTS) is 1. The lowest BCUT2D eigenvalue weighted by Gasteiger charge is -2.39. The average Bonchev–Trinajstić information content (AvgIpc) is 2.86. The normalized spacial score (nSPS) is 19.2. The van der Waals surface area contributed by atoms with E-state index in [9.17, 15) is 24.8 Å². The Labute approximate surface area is 196 Å². The number of rotatable bonds is 4. The van der Waals surface area contributed by atoms with E-state index in [1.54, 1.807) is 24.3 Å². The molecule has 0 radical (unpaired) electrons. The highest BCUT2D eigenvalue weighted by atomic mass is 16.6. The minimum absolute atomic E-state index is 0.0351. The second-order valence-corrected chi connectivity index (χ2v) is 8.55. The summed E-state index contributed by atoms with van der Waals surface area (Å²) in [5.41, 5.74) is 3.75. The van der Waals surface area contributed by atoms with Gasteiger partial charge in [0.15, 0.2) is 0 Å². The van der Waals surface area contributed by atoms with E-state index >= 15 is 0 Å². The molecule has 1 aliphatic carbocycles. The van der Waals surface area contributed by atoms with Crippen molar-refractivity contribution in [3.8, 4) is 0 Å². The van der Waals surface area contributed by atoms with E-state index in [-0.39, 0.29) is 11.6 Å². The average molecular weight is 457 g/mol. The lowest BCUT2D eigenvalue weighted by molar-refractivity contribution is -0.384. The van der Waals surface area contributed by atoms with Crippen molar-refractivity contribution in [1.29, 1.82) is 0 Å². The molecular weight excluding hydrogens is 434 g/mol. The number of hydrogen-bond acceptors (Lipinski definition) is 5. The number of nitro benzene ring substituents is 1. The summed E-state index contributed by atoms with van der Waals surface area (Å²) in [5.74, 6) is -2.31. The first-order valence-corrected chi connectivity index (χ1v) is 11.1. The molecule has 0 atom stereocenters. The van der Waals surface area contributed by atoms with Gasteiger partial charge in [0.05, 0.1) is 10.8 Å². The quantitative estimate of drug-likeness (QED) is 0.474. The summed E-state index contributed by atoms with van der Waals surface area (Å²) in [6.07, 6.45) is 0. The SMILES string of the molecule is O=C(O)C1c2ccccc2C(C(=O)N2CCN(c3ccc([N+](=O)[O-])cc3)CC2)c2ccccc21. The van der Waals surface area contributed by atoms with Crippen LogP contribution in [0, 0.1) is 10.1 Å². The molecule has 172 valence electrons. The molecule has 0 bridgehead atoms. The molecule has 1 fully saturated rings. The number of benzene rings is 3. The number of anilines is 1. The third-order valence-corrected chi connectivity index (χ3v) is 6.75. The lowest BCUT2D eigenvalue weighted by atomic mass is 9.72. The van der Waals surface area contributed by atoms with E-state index in [0.29, 0.717) is 37.3 Å². The van der Waals surface area contributed by atoms with Gasteiger partial charge in [-0.1, -0.05) is 48.5 Å². The zero-order chi connectivity index (χ0) is 23.8. The number of hydrogen-bond donors (Lipinski definition) is 1. The summed E-state index contributed by atoms with van der Waals surface area (Å²) in [5, 5.41) is 20.9. The smallest absolute Gasteiger partial charge is 0.315 e. The van der Waals surface area contributed by atoms with Crippen molar-refractivity contribution in [2.45, 2.75) is 11.8 Å². The van der Waals surface area contributed by atoms with Crippen LogP contribution in [0.4, 0.5) is 11.4 Å². The minimum atomic E-state index is -0.928. The summed E-state index contributed by atoms with van der Waals surface area (Å²) >= 11 is 0. The molecule has 2 aliphatic rings. The van der Waals surface area contributed by atoms with Crippen LogP contribution in [0.15, 0.2) is 72.8 Å². The fraction of sp³-hybridized carbons (Fsp3) is 0.231. The second kappa shape index (κ2) is 8.62. The number of aliphatic carboxylic acids is 1. The molecule has 1 N–H and O–H groups in total. The van der Waals surface area contributed by atoms with Crippen LogP contribution in [0.3, 0.4) is 0 Å². The lowest BCUT2D eigenvalue weighted by Crippen LogP contribution is -2.50. The van der Waals surface area contributed by atoms with Gasteiger partial charge in [-0.2, -0.15) is 0 Å². The third kappa shape index (κ3) is 3.67. The highest BCUT2D eigenvalue weighted by Crippen LogP contribution is 2.44. The maximum Gasteiger partial charge on any atom is 0.315 e. The number of carboxylic acids is 1. The van der Waals surface area contributed by atoms with Crippen molar-refractivity contribution in [3.63, 3.8) is 0 Å². The van der Waals surface area contributed by atoms with Gasteiger partial charge >= 0.3 is 5.97 Å². The number of non-ortho nitro benzene ring substituents is 1. The minimum Gasteiger partial charge on any atom is -0.481 e. The Kier molecular flexibility index (Phi) is 5.49. The Morgan fingerprint density at radius 1 is 0.765 bits per heavy atom. The van der Waals surface area contributed by atoms with Gasteiger partial charge in [0.1, 0.15) is 5.92 Å². The first kappa shape index (κ1) is 21.6. The van der Waals surface area contributed by atoms with E-state index < -0.39 is 22.7 Å². The Hall–Kier alpha value is -4.20. The predicted octanol–water partition coefficient (Wildman–Crippen LogP) is 3.61. The molecule has 8 nitrogen and oxygen atoms in total. The Morgan fingerprint density at radius 2 is 1.24 bits per heavy atom. The van der Waals surface area contributed by atoms with Crippen molar-refractivity contribution in [1.82, 2.24) is 4.90 Å². The molecule has 0 unspecified atom stereocenters. The van der Waals surface area contributed by atoms with E-state index in [1.807, 2.05) is 41.3 Å². The Morgan fingerprint density at radius 3 is 1.68 bits per heavy atom. The van der Waals surface area contributed by atoms with Gasteiger partial charge in [0.25, 0.3) is 5.69 Å². The summed E-state index contributed by atoms with van der Waals surface area (Å²) in [6.45, 7) is 2.24. The molecule has 8 heteroatoms. The number of amides is 1. The van der Waals surface area contributed by atoms with Crippen LogP contribution in [0.5, 0.6) is 0 Å². The number of piperazine rings is 1. The number of carbonyl (C=O) groups is 2. The highest BCUT2D eigenvalue weighted by Gasteiger charge is 2.40.